The molecule has 2 aromatic carbocycles. The second-order valence-corrected chi connectivity index (χ2v) is 7.14. The van der Waals surface area contributed by atoms with Gasteiger partial charge < -0.3 is 20.1 Å². The van der Waals surface area contributed by atoms with Crippen LogP contribution in [0.4, 0.5) is 5.69 Å². The van der Waals surface area contributed by atoms with E-state index in [0.717, 1.165) is 41.2 Å². The lowest BCUT2D eigenvalue weighted by molar-refractivity contribution is -0.117. The minimum absolute atomic E-state index is 0.203. The van der Waals surface area contributed by atoms with Crippen LogP contribution < -0.4 is 15.5 Å². The van der Waals surface area contributed by atoms with E-state index in [0.29, 0.717) is 25.5 Å². The molecule has 30 heavy (non-hydrogen) atoms. The Balaban J connectivity index is 1.28. The molecular formula is C23H25N5O2. The molecule has 1 saturated heterocycles. The predicted octanol–water partition coefficient (Wildman–Crippen LogP) is 3.33. The van der Waals surface area contributed by atoms with Crippen LogP contribution in [0.2, 0.25) is 0 Å². The number of carbonyl (C=O) groups excluding carboxylic acids is 1. The molecule has 0 atom stereocenters. The molecule has 0 aliphatic carbocycles. The molecule has 2 N–H and O–H groups in total. The molecule has 1 fully saturated rings. The van der Waals surface area contributed by atoms with Gasteiger partial charge in [-0.25, -0.2) is 0 Å². The van der Waals surface area contributed by atoms with Crippen LogP contribution in [0.25, 0.3) is 11.3 Å². The molecule has 154 valence electrons. The highest BCUT2D eigenvalue weighted by Gasteiger charge is 2.21. The largest absolute Gasteiger partial charge is 0.356 e. The second-order valence-electron chi connectivity index (χ2n) is 7.14. The van der Waals surface area contributed by atoms with Crippen LogP contribution in [0, 0.1) is 0 Å². The fraction of sp³-hybridized carbons (Fsp3) is 0.261. The second kappa shape index (κ2) is 9.26. The van der Waals surface area contributed by atoms with Crippen molar-refractivity contribution in [2.24, 2.45) is 4.99 Å². The molecule has 4 rings (SSSR count). The molecule has 1 amide bonds. The summed E-state index contributed by atoms with van der Waals surface area (Å²) >= 11 is 0. The maximum Gasteiger partial charge on any atom is 0.227 e. The fourth-order valence-electron chi connectivity index (χ4n) is 3.43. The van der Waals surface area contributed by atoms with Gasteiger partial charge in [-0.2, -0.15) is 0 Å². The van der Waals surface area contributed by atoms with E-state index in [-0.39, 0.29) is 5.91 Å². The van der Waals surface area contributed by atoms with Crippen LogP contribution in [0.15, 0.2) is 70.2 Å². The van der Waals surface area contributed by atoms with Crippen LogP contribution in [0.3, 0.4) is 0 Å². The molecule has 2 heterocycles. The van der Waals surface area contributed by atoms with Crippen molar-refractivity contribution in [2.75, 3.05) is 18.5 Å². The van der Waals surface area contributed by atoms with Crippen LogP contribution in [-0.4, -0.2) is 30.6 Å². The summed E-state index contributed by atoms with van der Waals surface area (Å²) in [5.74, 6) is 1.62. The highest BCUT2D eigenvalue weighted by Crippen LogP contribution is 2.22. The van der Waals surface area contributed by atoms with Crippen LogP contribution in [-0.2, 0) is 17.9 Å². The Labute approximate surface area is 175 Å². The Morgan fingerprint density at radius 1 is 1.10 bits per heavy atom. The van der Waals surface area contributed by atoms with Crippen molar-refractivity contribution < 1.29 is 9.32 Å². The number of anilines is 1. The summed E-state index contributed by atoms with van der Waals surface area (Å²) in [6, 6.07) is 19.9. The standard InChI is InChI=1S/C23H25N5O2/c1-24-23(26-16-19-14-21(30-27-19)18-6-3-2-4-7-18)25-15-17-9-11-20(12-10-17)28-13-5-8-22(28)29/h2-4,6-7,9-12,14H,5,8,13,15-16H2,1H3,(H2,24,25,26). The van der Waals surface area contributed by atoms with Gasteiger partial charge in [0.05, 0.1) is 6.54 Å². The van der Waals surface area contributed by atoms with E-state index in [4.69, 9.17) is 4.52 Å². The van der Waals surface area contributed by atoms with Gasteiger partial charge >= 0.3 is 0 Å². The monoisotopic (exact) mass is 403 g/mol. The minimum atomic E-state index is 0.203. The zero-order valence-corrected chi connectivity index (χ0v) is 17.0. The van der Waals surface area contributed by atoms with Crippen molar-refractivity contribution in [1.29, 1.82) is 0 Å². The third kappa shape index (κ3) is 4.68. The lowest BCUT2D eigenvalue weighted by Gasteiger charge is -2.16. The van der Waals surface area contributed by atoms with Crippen molar-refractivity contribution in [1.82, 2.24) is 15.8 Å². The summed E-state index contributed by atoms with van der Waals surface area (Å²) in [5, 5.41) is 10.7. The molecule has 1 aliphatic rings. The minimum Gasteiger partial charge on any atom is -0.356 e. The molecule has 0 spiro atoms. The topological polar surface area (TPSA) is 82.8 Å². The molecule has 7 heteroatoms. The first-order valence-electron chi connectivity index (χ1n) is 10.1. The SMILES string of the molecule is CN=C(NCc1ccc(N2CCCC2=O)cc1)NCc1cc(-c2ccccc2)on1. The Hall–Kier alpha value is -3.61. The summed E-state index contributed by atoms with van der Waals surface area (Å²) < 4.78 is 5.43. The predicted molar refractivity (Wildman–Crippen MR) is 117 cm³/mol. The van der Waals surface area contributed by atoms with Crippen LogP contribution in [0.5, 0.6) is 0 Å². The summed E-state index contributed by atoms with van der Waals surface area (Å²) in [6.07, 6.45) is 1.58. The third-order valence-corrected chi connectivity index (χ3v) is 5.06. The van der Waals surface area contributed by atoms with Crippen molar-refractivity contribution in [3.8, 4) is 11.3 Å². The zero-order chi connectivity index (χ0) is 20.8. The number of aliphatic imine (C=N–C) groups is 1. The highest BCUT2D eigenvalue weighted by atomic mass is 16.5. The number of hydrogen-bond acceptors (Lipinski definition) is 4. The first-order chi connectivity index (χ1) is 14.7. The van der Waals surface area contributed by atoms with E-state index < -0.39 is 0 Å². The van der Waals surface area contributed by atoms with Crippen molar-refractivity contribution in [3.63, 3.8) is 0 Å². The summed E-state index contributed by atoms with van der Waals surface area (Å²) in [4.78, 5) is 18.0. The lowest BCUT2D eigenvalue weighted by atomic mass is 10.2. The van der Waals surface area contributed by atoms with E-state index in [1.807, 2.05) is 65.6 Å². The third-order valence-electron chi connectivity index (χ3n) is 5.06. The zero-order valence-electron chi connectivity index (χ0n) is 17.0. The normalized spacial score (nSPS) is 14.2. The van der Waals surface area contributed by atoms with Gasteiger partial charge in [-0.3, -0.25) is 9.79 Å². The van der Waals surface area contributed by atoms with Gasteiger partial charge in [-0.1, -0.05) is 47.6 Å². The van der Waals surface area contributed by atoms with Crippen LogP contribution in [0.1, 0.15) is 24.1 Å². The first kappa shape index (κ1) is 19.7. The molecule has 3 aromatic rings. The van der Waals surface area contributed by atoms with E-state index >= 15 is 0 Å². The number of amides is 1. The Morgan fingerprint density at radius 3 is 2.57 bits per heavy atom. The maximum atomic E-state index is 11.9. The molecule has 1 aliphatic heterocycles. The summed E-state index contributed by atoms with van der Waals surface area (Å²) in [5.41, 5.74) is 3.87. The smallest absolute Gasteiger partial charge is 0.227 e. The number of nitrogens with zero attached hydrogens (tertiary/aromatic N) is 3. The molecule has 0 bridgehead atoms. The molecular weight excluding hydrogens is 378 g/mol. The molecule has 1 aromatic heterocycles. The quantitative estimate of drug-likeness (QED) is 0.487. The average Bonchev–Trinajstić information content (AvgIpc) is 3.44. The number of carbonyl (C=O) groups is 1. The fourth-order valence-corrected chi connectivity index (χ4v) is 3.43. The van der Waals surface area contributed by atoms with E-state index in [1.54, 1.807) is 7.05 Å². The van der Waals surface area contributed by atoms with Gasteiger partial charge in [0.1, 0.15) is 5.69 Å². The lowest BCUT2D eigenvalue weighted by Crippen LogP contribution is -2.36. The number of hydrogen-bond donors (Lipinski definition) is 2. The maximum absolute atomic E-state index is 11.9. The molecule has 0 saturated carbocycles. The summed E-state index contributed by atoms with van der Waals surface area (Å²) in [6.45, 7) is 1.94. The highest BCUT2D eigenvalue weighted by molar-refractivity contribution is 5.95. The number of benzene rings is 2. The van der Waals surface area contributed by atoms with Gasteiger partial charge in [0, 0.05) is 43.9 Å². The van der Waals surface area contributed by atoms with E-state index in [2.05, 4.69) is 20.8 Å². The van der Waals surface area contributed by atoms with E-state index in [9.17, 15) is 4.79 Å². The molecule has 7 nitrogen and oxygen atoms in total. The van der Waals surface area contributed by atoms with Crippen LogP contribution >= 0.6 is 0 Å². The number of nitrogens with one attached hydrogen (secondary N) is 2. The Morgan fingerprint density at radius 2 is 1.87 bits per heavy atom. The molecule has 0 unspecified atom stereocenters. The van der Waals surface area contributed by atoms with Gasteiger partial charge in [0.15, 0.2) is 11.7 Å². The van der Waals surface area contributed by atoms with Crippen molar-refractivity contribution in [3.05, 3.63) is 71.9 Å². The molecule has 0 radical (unpaired) electrons. The van der Waals surface area contributed by atoms with E-state index in [1.165, 1.54) is 0 Å². The van der Waals surface area contributed by atoms with Gasteiger partial charge in [-0.15, -0.1) is 0 Å². The number of guanidine groups is 1. The van der Waals surface area contributed by atoms with Gasteiger partial charge in [0.25, 0.3) is 0 Å². The number of aromatic nitrogens is 1. The average molecular weight is 403 g/mol. The van der Waals surface area contributed by atoms with Crippen molar-refractivity contribution in [2.45, 2.75) is 25.9 Å². The van der Waals surface area contributed by atoms with Gasteiger partial charge in [-0.05, 0) is 24.1 Å². The first-order valence-corrected chi connectivity index (χ1v) is 10.1. The van der Waals surface area contributed by atoms with Gasteiger partial charge in [0.2, 0.25) is 5.91 Å². The Bertz CT molecular complexity index is 1010. The Kier molecular flexibility index (Phi) is 6.08. The van der Waals surface area contributed by atoms with Crippen molar-refractivity contribution >= 4 is 17.6 Å². The number of rotatable bonds is 6. The summed E-state index contributed by atoms with van der Waals surface area (Å²) in [7, 11) is 1.73.